The van der Waals surface area contributed by atoms with Gasteiger partial charge in [-0.2, -0.15) is 0 Å². The Morgan fingerprint density at radius 2 is 2.16 bits per heavy atom. The highest BCUT2D eigenvalue weighted by molar-refractivity contribution is 5.94. The SMILES string of the molecule is O=C(c1cccnc1)N1C[C@@H]2CCCO[C@@H]2[C@H](Nc2ccccn2)C1. The molecule has 6 nitrogen and oxygen atoms in total. The molecule has 0 aliphatic carbocycles. The molecule has 4 heterocycles. The van der Waals surface area contributed by atoms with Crippen LogP contribution in [-0.2, 0) is 4.74 Å². The first kappa shape index (κ1) is 16.0. The molecule has 0 bridgehead atoms. The van der Waals surface area contributed by atoms with Gasteiger partial charge in [-0.25, -0.2) is 4.98 Å². The lowest BCUT2D eigenvalue weighted by atomic mass is 9.85. The van der Waals surface area contributed by atoms with Crippen molar-refractivity contribution in [3.63, 3.8) is 0 Å². The summed E-state index contributed by atoms with van der Waals surface area (Å²) < 4.78 is 6.06. The fourth-order valence-corrected chi connectivity index (χ4v) is 3.81. The van der Waals surface area contributed by atoms with E-state index < -0.39 is 0 Å². The van der Waals surface area contributed by atoms with Gasteiger partial charge >= 0.3 is 0 Å². The van der Waals surface area contributed by atoms with E-state index in [1.165, 1.54) is 0 Å². The smallest absolute Gasteiger partial charge is 0.255 e. The number of pyridine rings is 2. The zero-order valence-corrected chi connectivity index (χ0v) is 14.0. The molecule has 6 heteroatoms. The number of carbonyl (C=O) groups is 1. The summed E-state index contributed by atoms with van der Waals surface area (Å²) in [5.41, 5.74) is 0.634. The van der Waals surface area contributed by atoms with Crippen molar-refractivity contribution < 1.29 is 9.53 Å². The lowest BCUT2D eigenvalue weighted by molar-refractivity contribution is -0.0676. The fourth-order valence-electron chi connectivity index (χ4n) is 3.81. The summed E-state index contributed by atoms with van der Waals surface area (Å²) in [6.45, 7) is 2.13. The van der Waals surface area contributed by atoms with E-state index in [2.05, 4.69) is 15.3 Å². The Morgan fingerprint density at radius 3 is 2.96 bits per heavy atom. The maximum Gasteiger partial charge on any atom is 0.255 e. The summed E-state index contributed by atoms with van der Waals surface area (Å²) >= 11 is 0. The number of likely N-dealkylation sites (tertiary alicyclic amines) is 1. The summed E-state index contributed by atoms with van der Waals surface area (Å²) in [5, 5.41) is 3.47. The number of carbonyl (C=O) groups excluding carboxylic acids is 1. The number of ether oxygens (including phenoxy) is 1. The van der Waals surface area contributed by atoms with E-state index in [9.17, 15) is 4.79 Å². The molecular weight excluding hydrogens is 316 g/mol. The Kier molecular flexibility index (Phi) is 4.61. The van der Waals surface area contributed by atoms with E-state index >= 15 is 0 Å². The first-order valence-electron chi connectivity index (χ1n) is 8.80. The second-order valence-electron chi connectivity index (χ2n) is 6.66. The summed E-state index contributed by atoms with van der Waals surface area (Å²) in [5.74, 6) is 1.20. The maximum atomic E-state index is 12.9. The van der Waals surface area contributed by atoms with Gasteiger partial charge in [0.2, 0.25) is 0 Å². The van der Waals surface area contributed by atoms with Gasteiger partial charge < -0.3 is 15.0 Å². The Balaban J connectivity index is 1.55. The molecule has 0 aromatic carbocycles. The van der Waals surface area contributed by atoms with Gasteiger partial charge in [0, 0.05) is 44.2 Å². The molecule has 4 rings (SSSR count). The van der Waals surface area contributed by atoms with E-state index in [-0.39, 0.29) is 18.1 Å². The summed E-state index contributed by atoms with van der Waals surface area (Å²) in [4.78, 5) is 23.2. The number of hydrogen-bond acceptors (Lipinski definition) is 5. The molecule has 0 radical (unpaired) electrons. The van der Waals surface area contributed by atoms with E-state index in [1.807, 2.05) is 29.2 Å². The number of piperidine rings is 1. The van der Waals surface area contributed by atoms with Gasteiger partial charge in [-0.1, -0.05) is 6.07 Å². The molecule has 25 heavy (non-hydrogen) atoms. The molecule has 0 unspecified atom stereocenters. The van der Waals surface area contributed by atoms with E-state index in [0.29, 0.717) is 18.0 Å². The molecule has 2 aliphatic heterocycles. The fraction of sp³-hybridized carbons (Fsp3) is 0.421. The average molecular weight is 338 g/mol. The number of nitrogens with one attached hydrogen (secondary N) is 1. The van der Waals surface area contributed by atoms with Crippen LogP contribution in [0.2, 0.25) is 0 Å². The lowest BCUT2D eigenvalue weighted by Gasteiger charge is -2.46. The van der Waals surface area contributed by atoms with Crippen LogP contribution in [0.25, 0.3) is 0 Å². The number of anilines is 1. The van der Waals surface area contributed by atoms with Gasteiger partial charge in [-0.15, -0.1) is 0 Å². The number of fused-ring (bicyclic) bond motifs is 1. The van der Waals surface area contributed by atoms with Crippen molar-refractivity contribution >= 4 is 11.7 Å². The molecule has 1 amide bonds. The highest BCUT2D eigenvalue weighted by Gasteiger charge is 2.41. The molecule has 2 aliphatic rings. The Hall–Kier alpha value is -2.47. The molecule has 2 aromatic heterocycles. The van der Waals surface area contributed by atoms with Crippen LogP contribution >= 0.6 is 0 Å². The van der Waals surface area contributed by atoms with Crippen molar-refractivity contribution in [3.8, 4) is 0 Å². The van der Waals surface area contributed by atoms with Crippen molar-refractivity contribution in [1.29, 1.82) is 0 Å². The molecule has 0 spiro atoms. The second kappa shape index (κ2) is 7.19. The maximum absolute atomic E-state index is 12.9. The quantitative estimate of drug-likeness (QED) is 0.929. The Labute approximate surface area is 147 Å². The van der Waals surface area contributed by atoms with Crippen molar-refractivity contribution in [1.82, 2.24) is 14.9 Å². The van der Waals surface area contributed by atoms with Gasteiger partial charge in [0.15, 0.2) is 0 Å². The van der Waals surface area contributed by atoms with Crippen LogP contribution in [0.4, 0.5) is 5.82 Å². The molecule has 3 atom stereocenters. The standard InChI is InChI=1S/C19H22N4O2/c24-19(14-5-3-8-20-11-14)23-12-15-6-4-10-25-18(15)16(13-23)22-17-7-1-2-9-21-17/h1-3,5,7-9,11,15-16,18H,4,6,10,12-13H2,(H,21,22)/t15-,16+,18-/m0/s1. The number of nitrogens with zero attached hydrogens (tertiary/aromatic N) is 3. The topological polar surface area (TPSA) is 67.4 Å². The molecule has 2 saturated heterocycles. The lowest BCUT2D eigenvalue weighted by Crippen LogP contribution is -2.59. The molecule has 1 N–H and O–H groups in total. The zero-order valence-electron chi connectivity index (χ0n) is 14.0. The van der Waals surface area contributed by atoms with Gasteiger partial charge in [0.05, 0.1) is 17.7 Å². The number of aromatic nitrogens is 2. The number of rotatable bonds is 3. The van der Waals surface area contributed by atoms with Crippen molar-refractivity contribution in [3.05, 3.63) is 54.5 Å². The van der Waals surface area contributed by atoms with Crippen LogP contribution < -0.4 is 5.32 Å². The Morgan fingerprint density at radius 1 is 1.20 bits per heavy atom. The monoisotopic (exact) mass is 338 g/mol. The van der Waals surface area contributed by atoms with E-state index in [1.54, 1.807) is 24.7 Å². The van der Waals surface area contributed by atoms with Crippen LogP contribution in [-0.4, -0.2) is 52.6 Å². The highest BCUT2D eigenvalue weighted by Crippen LogP contribution is 2.30. The molecular formula is C19H22N4O2. The third kappa shape index (κ3) is 3.49. The van der Waals surface area contributed by atoms with Gasteiger partial charge in [-0.05, 0) is 37.1 Å². The van der Waals surface area contributed by atoms with Crippen LogP contribution in [0, 0.1) is 5.92 Å². The van der Waals surface area contributed by atoms with Crippen LogP contribution in [0.3, 0.4) is 0 Å². The second-order valence-corrected chi connectivity index (χ2v) is 6.66. The molecule has 130 valence electrons. The largest absolute Gasteiger partial charge is 0.376 e. The predicted octanol–water partition coefficient (Wildman–Crippen LogP) is 2.21. The minimum atomic E-state index is 0.0324. The predicted molar refractivity (Wildman–Crippen MR) is 94.3 cm³/mol. The van der Waals surface area contributed by atoms with Crippen LogP contribution in [0.15, 0.2) is 48.9 Å². The normalized spacial score (nSPS) is 25.9. The summed E-state index contributed by atoms with van der Waals surface area (Å²) in [7, 11) is 0. The van der Waals surface area contributed by atoms with E-state index in [4.69, 9.17) is 4.74 Å². The van der Waals surface area contributed by atoms with Gasteiger partial charge in [-0.3, -0.25) is 9.78 Å². The van der Waals surface area contributed by atoms with Crippen molar-refractivity contribution in [2.24, 2.45) is 5.92 Å². The first-order valence-corrected chi connectivity index (χ1v) is 8.80. The third-order valence-electron chi connectivity index (χ3n) is 4.96. The zero-order chi connectivity index (χ0) is 17.1. The van der Waals surface area contributed by atoms with Gasteiger partial charge in [0.25, 0.3) is 5.91 Å². The summed E-state index contributed by atoms with van der Waals surface area (Å²) in [6, 6.07) is 9.45. The van der Waals surface area contributed by atoms with Crippen LogP contribution in [0.5, 0.6) is 0 Å². The highest BCUT2D eigenvalue weighted by atomic mass is 16.5. The first-order chi connectivity index (χ1) is 12.3. The van der Waals surface area contributed by atoms with Crippen LogP contribution in [0.1, 0.15) is 23.2 Å². The molecule has 2 fully saturated rings. The number of hydrogen-bond donors (Lipinski definition) is 1. The van der Waals surface area contributed by atoms with Gasteiger partial charge in [0.1, 0.15) is 5.82 Å². The van der Waals surface area contributed by atoms with Crippen molar-refractivity contribution in [2.45, 2.75) is 25.0 Å². The number of amides is 1. The van der Waals surface area contributed by atoms with Crippen molar-refractivity contribution in [2.75, 3.05) is 25.0 Å². The van der Waals surface area contributed by atoms with E-state index in [0.717, 1.165) is 31.8 Å². The molecule has 0 saturated carbocycles. The third-order valence-corrected chi connectivity index (χ3v) is 4.96. The summed E-state index contributed by atoms with van der Waals surface area (Å²) in [6.07, 6.45) is 7.34. The molecule has 2 aromatic rings. The Bertz CT molecular complexity index is 710. The minimum absolute atomic E-state index is 0.0324. The minimum Gasteiger partial charge on any atom is -0.376 e. The average Bonchev–Trinajstić information content (AvgIpc) is 2.69.